The predicted molar refractivity (Wildman–Crippen MR) is 96.1 cm³/mol. The summed E-state index contributed by atoms with van der Waals surface area (Å²) in [7, 11) is 1.55. The highest BCUT2D eigenvalue weighted by Gasteiger charge is 2.23. The molecule has 0 fully saturated rings. The molecule has 3 heterocycles. The van der Waals surface area contributed by atoms with E-state index in [1.54, 1.807) is 31.5 Å². The molecule has 26 heavy (non-hydrogen) atoms. The molecular weight excluding hydrogens is 337 g/mol. The number of aromatic nitrogens is 2. The van der Waals surface area contributed by atoms with Gasteiger partial charge < -0.3 is 20.5 Å². The Bertz CT molecular complexity index is 1010. The lowest BCUT2D eigenvalue weighted by molar-refractivity contribution is 0.0954. The lowest BCUT2D eigenvalue weighted by Gasteiger charge is -2.13. The predicted octanol–water partition coefficient (Wildman–Crippen LogP) is 2.41. The average Bonchev–Trinajstić information content (AvgIpc) is 2.95. The zero-order valence-corrected chi connectivity index (χ0v) is 13.9. The summed E-state index contributed by atoms with van der Waals surface area (Å²) in [5, 5.41) is 3.41. The van der Waals surface area contributed by atoms with Crippen LogP contribution in [0.4, 0.5) is 10.1 Å². The van der Waals surface area contributed by atoms with Crippen molar-refractivity contribution in [2.45, 2.75) is 0 Å². The maximum absolute atomic E-state index is 13.7. The number of benzene rings is 1. The molecule has 0 saturated heterocycles. The standard InChI is InChI=1S/C18H16FN5O2/c1-26-15-5-3-11(9-21-15)23-24-14-6-7-20-18(25)17-16(14)12-8-10(19)2-4-13(12)22-17/h2-6,8-9,22-24H,7H2,1H3,(H,20,25). The SMILES string of the molecule is COc1ccc(NNC2=CCNC(=O)c3[nH]c4ccc(F)cc4c32)cn1. The highest BCUT2D eigenvalue weighted by Crippen LogP contribution is 2.29. The number of H-pyrrole nitrogens is 1. The average molecular weight is 353 g/mol. The van der Waals surface area contributed by atoms with Crippen molar-refractivity contribution in [3.8, 4) is 5.88 Å². The summed E-state index contributed by atoms with van der Waals surface area (Å²) in [6.45, 7) is 0.350. The lowest BCUT2D eigenvalue weighted by Crippen LogP contribution is -2.22. The number of nitrogens with zero attached hydrogens (tertiary/aromatic N) is 1. The smallest absolute Gasteiger partial charge is 0.268 e. The van der Waals surface area contributed by atoms with E-state index < -0.39 is 0 Å². The number of fused-ring (bicyclic) bond motifs is 3. The molecule has 1 aliphatic rings. The maximum atomic E-state index is 13.7. The molecule has 2 aromatic heterocycles. The van der Waals surface area contributed by atoms with Gasteiger partial charge in [0.1, 0.15) is 11.5 Å². The number of hydrogen-bond acceptors (Lipinski definition) is 5. The highest BCUT2D eigenvalue weighted by molar-refractivity contribution is 6.07. The van der Waals surface area contributed by atoms with E-state index in [-0.39, 0.29) is 11.7 Å². The first-order chi connectivity index (χ1) is 12.7. The third-order valence-electron chi connectivity index (χ3n) is 4.11. The fourth-order valence-electron chi connectivity index (χ4n) is 2.88. The molecule has 0 radical (unpaired) electrons. The first kappa shape index (κ1) is 15.9. The fourth-order valence-corrected chi connectivity index (χ4v) is 2.88. The topological polar surface area (TPSA) is 91.1 Å². The minimum Gasteiger partial charge on any atom is -0.481 e. The van der Waals surface area contributed by atoms with E-state index in [4.69, 9.17) is 4.74 Å². The van der Waals surface area contributed by atoms with Gasteiger partial charge in [0.25, 0.3) is 5.91 Å². The van der Waals surface area contributed by atoms with Gasteiger partial charge in [0.15, 0.2) is 0 Å². The van der Waals surface area contributed by atoms with Gasteiger partial charge in [-0.3, -0.25) is 10.2 Å². The Labute approximate surface area is 148 Å². The van der Waals surface area contributed by atoms with E-state index >= 15 is 0 Å². The molecular formula is C18H16FN5O2. The minimum absolute atomic E-state index is 0.240. The molecule has 1 aromatic carbocycles. The Morgan fingerprint density at radius 3 is 2.88 bits per heavy atom. The zero-order valence-electron chi connectivity index (χ0n) is 13.9. The Morgan fingerprint density at radius 2 is 2.12 bits per heavy atom. The van der Waals surface area contributed by atoms with Crippen LogP contribution >= 0.6 is 0 Å². The molecule has 0 aliphatic carbocycles. The van der Waals surface area contributed by atoms with Crippen LogP contribution in [0.3, 0.4) is 0 Å². The van der Waals surface area contributed by atoms with Crippen molar-refractivity contribution in [3.63, 3.8) is 0 Å². The van der Waals surface area contributed by atoms with Crippen LogP contribution in [0.2, 0.25) is 0 Å². The third-order valence-corrected chi connectivity index (χ3v) is 4.11. The third kappa shape index (κ3) is 2.81. The van der Waals surface area contributed by atoms with Crippen LogP contribution < -0.4 is 20.9 Å². The van der Waals surface area contributed by atoms with Crippen LogP contribution in [-0.4, -0.2) is 29.5 Å². The number of carbonyl (C=O) groups excluding carboxylic acids is 1. The van der Waals surface area contributed by atoms with Gasteiger partial charge in [-0.25, -0.2) is 9.37 Å². The molecule has 0 spiro atoms. The summed E-state index contributed by atoms with van der Waals surface area (Å²) in [4.78, 5) is 19.5. The molecule has 0 bridgehead atoms. The highest BCUT2D eigenvalue weighted by atomic mass is 19.1. The first-order valence-electron chi connectivity index (χ1n) is 7.98. The van der Waals surface area contributed by atoms with Gasteiger partial charge in [0, 0.05) is 29.1 Å². The number of anilines is 1. The second kappa shape index (κ2) is 6.40. The molecule has 0 atom stereocenters. The molecule has 0 saturated carbocycles. The number of hydrazine groups is 1. The molecule has 0 unspecified atom stereocenters. The van der Waals surface area contributed by atoms with Gasteiger partial charge in [-0.05, 0) is 30.3 Å². The normalized spacial score (nSPS) is 13.5. The van der Waals surface area contributed by atoms with Crippen molar-refractivity contribution in [2.75, 3.05) is 19.1 Å². The van der Waals surface area contributed by atoms with Crippen LogP contribution in [0.5, 0.6) is 5.88 Å². The lowest BCUT2D eigenvalue weighted by atomic mass is 10.1. The number of rotatable bonds is 4. The van der Waals surface area contributed by atoms with Crippen LogP contribution in [0.1, 0.15) is 16.1 Å². The van der Waals surface area contributed by atoms with Gasteiger partial charge >= 0.3 is 0 Å². The maximum Gasteiger partial charge on any atom is 0.268 e. The van der Waals surface area contributed by atoms with Crippen LogP contribution in [-0.2, 0) is 0 Å². The molecule has 7 nitrogen and oxygen atoms in total. The zero-order chi connectivity index (χ0) is 18.1. The Kier molecular flexibility index (Phi) is 3.92. The van der Waals surface area contributed by atoms with Gasteiger partial charge in [0.2, 0.25) is 5.88 Å². The van der Waals surface area contributed by atoms with E-state index in [9.17, 15) is 9.18 Å². The summed E-state index contributed by atoms with van der Waals surface area (Å²) in [6, 6.07) is 7.91. The molecule has 132 valence electrons. The largest absolute Gasteiger partial charge is 0.481 e. The molecule has 4 rings (SSSR count). The van der Waals surface area contributed by atoms with Crippen molar-refractivity contribution in [2.24, 2.45) is 0 Å². The number of nitrogens with one attached hydrogen (secondary N) is 4. The van der Waals surface area contributed by atoms with E-state index in [0.717, 1.165) is 0 Å². The number of amides is 1. The number of hydrogen-bond donors (Lipinski definition) is 4. The number of pyridine rings is 1. The van der Waals surface area contributed by atoms with Gasteiger partial charge in [-0.2, -0.15) is 0 Å². The van der Waals surface area contributed by atoms with E-state index in [0.29, 0.717) is 46.0 Å². The fraction of sp³-hybridized carbons (Fsp3) is 0.111. The quantitative estimate of drug-likeness (QED) is 0.541. The van der Waals surface area contributed by atoms with E-state index in [1.165, 1.54) is 12.1 Å². The number of carbonyl (C=O) groups is 1. The monoisotopic (exact) mass is 353 g/mol. The van der Waals surface area contributed by atoms with Crippen molar-refractivity contribution in [3.05, 3.63) is 59.7 Å². The summed E-state index contributed by atoms with van der Waals surface area (Å²) in [5.74, 6) is -0.0974. The van der Waals surface area contributed by atoms with Crippen molar-refractivity contribution in [1.82, 2.24) is 20.7 Å². The molecule has 3 aromatic rings. The number of aromatic amines is 1. The Hall–Kier alpha value is -3.55. The number of ether oxygens (including phenoxy) is 1. The van der Waals surface area contributed by atoms with Crippen molar-refractivity contribution in [1.29, 1.82) is 0 Å². The number of methoxy groups -OCH3 is 1. The van der Waals surface area contributed by atoms with Crippen LogP contribution in [0, 0.1) is 5.82 Å². The number of halogens is 1. The van der Waals surface area contributed by atoms with Crippen LogP contribution in [0.25, 0.3) is 16.6 Å². The van der Waals surface area contributed by atoms with E-state index in [1.807, 2.05) is 6.08 Å². The molecule has 8 heteroatoms. The molecule has 4 N–H and O–H groups in total. The summed E-state index contributed by atoms with van der Waals surface area (Å²) in [5.41, 5.74) is 9.18. The van der Waals surface area contributed by atoms with Crippen molar-refractivity contribution < 1.29 is 13.9 Å². The van der Waals surface area contributed by atoms with Crippen molar-refractivity contribution >= 4 is 28.2 Å². The second-order valence-electron chi connectivity index (χ2n) is 5.73. The summed E-state index contributed by atoms with van der Waals surface area (Å²) < 4.78 is 18.8. The van der Waals surface area contributed by atoms with Gasteiger partial charge in [-0.15, -0.1) is 0 Å². The Morgan fingerprint density at radius 1 is 1.23 bits per heavy atom. The minimum atomic E-state index is -0.365. The first-order valence-corrected chi connectivity index (χ1v) is 7.98. The van der Waals surface area contributed by atoms with Crippen LogP contribution in [0.15, 0.2) is 42.6 Å². The Balaban J connectivity index is 1.69. The van der Waals surface area contributed by atoms with Gasteiger partial charge in [-0.1, -0.05) is 0 Å². The van der Waals surface area contributed by atoms with E-state index in [2.05, 4.69) is 26.1 Å². The summed E-state index contributed by atoms with van der Waals surface area (Å²) >= 11 is 0. The summed E-state index contributed by atoms with van der Waals surface area (Å²) in [6.07, 6.45) is 3.44. The molecule has 1 amide bonds. The second-order valence-corrected chi connectivity index (χ2v) is 5.73. The molecule has 1 aliphatic heterocycles. The van der Waals surface area contributed by atoms with Gasteiger partial charge in [0.05, 0.1) is 24.7 Å².